The summed E-state index contributed by atoms with van der Waals surface area (Å²) >= 11 is 0. The SMILES string of the molecule is CCC(=O)NCCCCCCNC(=O)c1ccc(CC(C)C)cc1.CCCC(=O)CCCOCCCC(=O)c1ccc(CC(C)C)cc1.CCCCCCC(=O)CCCOCCCC(=O)c1ccc(CC(C)C)cc1.CNCCCCCCNC(=O)c1ccc(CC(C)C)cc1. The van der Waals surface area contributed by atoms with Crippen LogP contribution < -0.4 is 21.3 Å². The average Bonchev–Trinajstić information content (AvgIpc) is 3.59. The monoisotopic (exact) mass is 1330 g/mol. The molecule has 4 aromatic rings. The van der Waals surface area contributed by atoms with E-state index >= 15 is 0 Å². The van der Waals surface area contributed by atoms with Gasteiger partial charge < -0.3 is 30.7 Å². The molecule has 0 heterocycles. The third-order valence-corrected chi connectivity index (χ3v) is 15.9. The first-order valence-electron chi connectivity index (χ1n) is 37.3. The van der Waals surface area contributed by atoms with Crippen LogP contribution in [-0.2, 0) is 49.5 Å². The van der Waals surface area contributed by atoms with E-state index in [1.807, 2.05) is 81.6 Å². The Bertz CT molecular complexity index is 2650. The molecule has 0 saturated heterocycles. The van der Waals surface area contributed by atoms with Crippen molar-refractivity contribution in [1.29, 1.82) is 0 Å². The Morgan fingerprint density at radius 2 is 0.625 bits per heavy atom. The van der Waals surface area contributed by atoms with Gasteiger partial charge in [0.05, 0.1) is 0 Å². The summed E-state index contributed by atoms with van der Waals surface area (Å²) in [5, 5.41) is 12.0. The van der Waals surface area contributed by atoms with Crippen LogP contribution in [0.5, 0.6) is 0 Å². The number of ether oxygens (including phenoxy) is 2. The van der Waals surface area contributed by atoms with Crippen LogP contribution in [0.15, 0.2) is 97.1 Å². The van der Waals surface area contributed by atoms with Crippen molar-refractivity contribution in [3.63, 3.8) is 0 Å². The van der Waals surface area contributed by atoms with Gasteiger partial charge >= 0.3 is 0 Å². The molecule has 0 saturated carbocycles. The molecule has 13 heteroatoms. The van der Waals surface area contributed by atoms with Crippen molar-refractivity contribution in [1.82, 2.24) is 21.3 Å². The zero-order valence-corrected chi connectivity index (χ0v) is 62.2. The number of nitrogens with one attached hydrogen (secondary N) is 4. The van der Waals surface area contributed by atoms with Crippen LogP contribution in [0.2, 0.25) is 0 Å². The van der Waals surface area contributed by atoms with Crippen LogP contribution in [0.4, 0.5) is 0 Å². The zero-order chi connectivity index (χ0) is 71.0. The number of rotatable bonds is 50. The van der Waals surface area contributed by atoms with E-state index in [-0.39, 0.29) is 29.3 Å². The second-order valence-electron chi connectivity index (χ2n) is 27.5. The van der Waals surface area contributed by atoms with Gasteiger partial charge in [0.2, 0.25) is 5.91 Å². The van der Waals surface area contributed by atoms with Crippen molar-refractivity contribution < 1.29 is 43.0 Å². The molecule has 0 bridgehead atoms. The van der Waals surface area contributed by atoms with Gasteiger partial charge in [-0.15, -0.1) is 0 Å². The van der Waals surface area contributed by atoms with Crippen molar-refractivity contribution in [3.05, 3.63) is 142 Å². The Hall–Kier alpha value is -6.15. The predicted molar refractivity (Wildman–Crippen MR) is 400 cm³/mol. The van der Waals surface area contributed by atoms with Crippen LogP contribution in [-0.4, -0.2) is 101 Å². The van der Waals surface area contributed by atoms with Crippen LogP contribution in [0.3, 0.4) is 0 Å². The molecular weight excluding hydrogens is 1200 g/mol. The molecule has 3 amide bonds. The number of hydrogen-bond acceptors (Lipinski definition) is 10. The first-order chi connectivity index (χ1) is 46.2. The van der Waals surface area contributed by atoms with Gasteiger partial charge in [-0.25, -0.2) is 0 Å². The number of benzene rings is 4. The average molecular weight is 1330 g/mol. The molecule has 0 atom stereocenters. The second kappa shape index (κ2) is 57.9. The highest BCUT2D eigenvalue weighted by atomic mass is 16.5. The molecule has 96 heavy (non-hydrogen) atoms. The van der Waals surface area contributed by atoms with E-state index < -0.39 is 0 Å². The Labute approximate surface area is 583 Å². The van der Waals surface area contributed by atoms with Gasteiger partial charge in [-0.3, -0.25) is 33.6 Å². The predicted octanol–water partition coefficient (Wildman–Crippen LogP) is 18.3. The molecule has 0 radical (unpaired) electrons. The van der Waals surface area contributed by atoms with Gasteiger partial charge in [0, 0.05) is 113 Å². The van der Waals surface area contributed by atoms with E-state index in [2.05, 4.69) is 120 Å². The summed E-state index contributed by atoms with van der Waals surface area (Å²) < 4.78 is 11.1. The summed E-state index contributed by atoms with van der Waals surface area (Å²) in [6, 6.07) is 31.8. The number of Topliss-reactive ketones (excluding diaryl/α,β-unsaturated/α-hetero) is 4. The Balaban J connectivity index is 0.000000642. The lowest BCUT2D eigenvalue weighted by molar-refractivity contribution is -0.121. The molecular formula is C83H132N4O9. The normalized spacial score (nSPS) is 10.9. The highest BCUT2D eigenvalue weighted by Crippen LogP contribution is 2.16. The molecule has 0 aliphatic carbocycles. The summed E-state index contributed by atoms with van der Waals surface area (Å²) in [6.07, 6.45) is 25.7. The van der Waals surface area contributed by atoms with E-state index in [9.17, 15) is 33.6 Å². The summed E-state index contributed by atoms with van der Waals surface area (Å²) in [5.41, 5.74) is 8.20. The van der Waals surface area contributed by atoms with Gasteiger partial charge in [-0.05, 0) is 174 Å². The third kappa shape index (κ3) is 48.5. The number of ketones is 4. The first-order valence-corrected chi connectivity index (χ1v) is 37.3. The van der Waals surface area contributed by atoms with E-state index in [4.69, 9.17) is 9.47 Å². The van der Waals surface area contributed by atoms with E-state index in [0.29, 0.717) is 113 Å². The fraction of sp³-hybridized carbons (Fsp3) is 0.627. The van der Waals surface area contributed by atoms with Crippen molar-refractivity contribution >= 4 is 40.9 Å². The minimum absolute atomic E-state index is 0.00121. The molecule has 0 spiro atoms. The number of carbonyl (C=O) groups is 7. The van der Waals surface area contributed by atoms with Gasteiger partial charge in [-0.1, -0.05) is 194 Å². The Morgan fingerprint density at radius 3 is 0.948 bits per heavy atom. The van der Waals surface area contributed by atoms with Crippen LogP contribution >= 0.6 is 0 Å². The maximum absolute atomic E-state index is 12.2. The second-order valence-corrected chi connectivity index (χ2v) is 27.5. The topological polar surface area (TPSA) is 186 Å². The lowest BCUT2D eigenvalue weighted by atomic mass is 10.00. The van der Waals surface area contributed by atoms with Gasteiger partial charge in [-0.2, -0.15) is 0 Å². The Morgan fingerprint density at radius 1 is 0.323 bits per heavy atom. The molecule has 0 unspecified atom stereocenters. The van der Waals surface area contributed by atoms with Crippen molar-refractivity contribution in [3.8, 4) is 0 Å². The quantitative estimate of drug-likeness (QED) is 0.0245. The molecule has 0 aliphatic rings. The highest BCUT2D eigenvalue weighted by Gasteiger charge is 2.11. The lowest BCUT2D eigenvalue weighted by Gasteiger charge is -2.08. The van der Waals surface area contributed by atoms with Gasteiger partial charge in [0.25, 0.3) is 11.8 Å². The first kappa shape index (κ1) is 87.9. The summed E-state index contributed by atoms with van der Waals surface area (Å²) in [6.45, 7) is 29.3. The van der Waals surface area contributed by atoms with Crippen molar-refractivity contribution in [2.75, 3.05) is 59.7 Å². The fourth-order valence-electron chi connectivity index (χ4n) is 10.7. The lowest BCUT2D eigenvalue weighted by Crippen LogP contribution is -2.24. The maximum Gasteiger partial charge on any atom is 0.251 e. The number of unbranched alkanes of at least 4 members (excludes halogenated alkanes) is 9. The standard InChI is InChI=1S/C24H38O3.C21H32O3.C20H32N2O2.C18H30N2O/c1-4-5-6-7-10-23(25)11-8-17-27-18-9-12-24(26)22-15-13-21(14-16-22)19-20(2)3;1-4-7-20(22)8-5-14-24-15-6-9-21(23)19-12-10-18(11-13-19)16-17(2)3;1-4-19(23)21-13-7-5-6-8-14-22-20(24)18-11-9-17(10-12-18)15-16(2)3;1-15(2)14-16-8-10-17(11-9-16)18(21)20-13-7-5-4-6-12-19-3/h13-16,20H,4-12,17-19H2,1-3H3;10-13,17H,4-9,14-16H2,1-3H3;9-12,16H,4-8,13-15H2,1-3H3,(H,21,23)(H,22,24);8-11,15,19H,4-7,12-14H2,1-3H3,(H,20,21). The van der Waals surface area contributed by atoms with E-state index in [1.54, 1.807) is 0 Å². The fourth-order valence-corrected chi connectivity index (χ4v) is 10.7. The van der Waals surface area contributed by atoms with Gasteiger partial charge in [0.1, 0.15) is 11.6 Å². The van der Waals surface area contributed by atoms with Crippen molar-refractivity contribution in [2.24, 2.45) is 23.7 Å². The van der Waals surface area contributed by atoms with Crippen LogP contribution in [0.1, 0.15) is 294 Å². The minimum Gasteiger partial charge on any atom is -0.381 e. The maximum atomic E-state index is 12.2. The third-order valence-electron chi connectivity index (χ3n) is 15.9. The minimum atomic E-state index is 0.00121. The van der Waals surface area contributed by atoms with E-state index in [0.717, 1.165) is 145 Å². The zero-order valence-electron chi connectivity index (χ0n) is 62.2. The number of amides is 3. The smallest absolute Gasteiger partial charge is 0.251 e. The molecule has 538 valence electrons. The summed E-state index contributed by atoms with van der Waals surface area (Å²) in [5.74, 6) is 3.70. The number of carbonyl (C=O) groups excluding carboxylic acids is 7. The summed E-state index contributed by atoms with van der Waals surface area (Å²) in [7, 11) is 1.98. The van der Waals surface area contributed by atoms with E-state index in [1.165, 1.54) is 54.4 Å². The molecule has 13 nitrogen and oxygen atoms in total. The molecule has 4 rings (SSSR count). The molecule has 4 N–H and O–H groups in total. The number of hydrogen-bond donors (Lipinski definition) is 4. The van der Waals surface area contributed by atoms with Crippen LogP contribution in [0, 0.1) is 23.7 Å². The highest BCUT2D eigenvalue weighted by molar-refractivity contribution is 5.97. The largest absolute Gasteiger partial charge is 0.381 e. The molecule has 0 aromatic heterocycles. The molecule has 0 fully saturated rings. The molecule has 0 aliphatic heterocycles. The Kier molecular flexibility index (Phi) is 53.0. The van der Waals surface area contributed by atoms with Gasteiger partial charge in [0.15, 0.2) is 11.6 Å². The molecule has 4 aromatic carbocycles. The summed E-state index contributed by atoms with van der Waals surface area (Å²) in [4.78, 5) is 82.5. The van der Waals surface area contributed by atoms with Crippen LogP contribution in [0.25, 0.3) is 0 Å². The van der Waals surface area contributed by atoms with Crippen molar-refractivity contribution in [2.45, 2.75) is 256 Å².